The van der Waals surface area contributed by atoms with Crippen LogP contribution in [0.5, 0.6) is 5.75 Å². The van der Waals surface area contributed by atoms with E-state index in [0.29, 0.717) is 12.3 Å². The molecule has 1 saturated heterocycles. The third kappa shape index (κ3) is 2.63. The minimum absolute atomic E-state index is 0.181. The second kappa shape index (κ2) is 5.45. The lowest BCUT2D eigenvalue weighted by Crippen LogP contribution is -2.26. The number of anilines is 1. The molecule has 1 aliphatic heterocycles. The number of benzene rings is 1. The summed E-state index contributed by atoms with van der Waals surface area (Å²) in [4.78, 5) is 4.30. The molecular weight excluding hydrogens is 240 g/mol. The number of fused-ring (bicyclic) bond motifs is 1. The van der Waals surface area contributed by atoms with Gasteiger partial charge in [0, 0.05) is 12.0 Å². The zero-order valence-corrected chi connectivity index (χ0v) is 10.8. The zero-order chi connectivity index (χ0) is 13.1. The molecule has 2 aromatic rings. The lowest BCUT2D eigenvalue weighted by Gasteiger charge is -2.23. The summed E-state index contributed by atoms with van der Waals surface area (Å²) >= 11 is 0. The number of nitrogens with zero attached hydrogens (tertiary/aromatic N) is 1. The second-order valence-electron chi connectivity index (χ2n) is 4.86. The van der Waals surface area contributed by atoms with Crippen LogP contribution in [0.4, 0.5) is 5.69 Å². The number of nitrogen functional groups attached to an aromatic ring is 1. The van der Waals surface area contributed by atoms with E-state index in [1.54, 1.807) is 6.20 Å². The van der Waals surface area contributed by atoms with E-state index < -0.39 is 0 Å². The van der Waals surface area contributed by atoms with Gasteiger partial charge in [-0.3, -0.25) is 4.98 Å². The van der Waals surface area contributed by atoms with E-state index in [-0.39, 0.29) is 6.10 Å². The molecule has 100 valence electrons. The molecule has 0 radical (unpaired) electrons. The van der Waals surface area contributed by atoms with Gasteiger partial charge in [0.15, 0.2) is 5.75 Å². The van der Waals surface area contributed by atoms with Crippen molar-refractivity contribution in [1.82, 2.24) is 4.98 Å². The summed E-state index contributed by atoms with van der Waals surface area (Å²) in [6, 6.07) is 7.86. The van der Waals surface area contributed by atoms with Gasteiger partial charge in [-0.25, -0.2) is 0 Å². The molecule has 1 aromatic carbocycles. The average Bonchev–Trinajstić information content (AvgIpc) is 2.47. The highest BCUT2D eigenvalue weighted by molar-refractivity contribution is 5.89. The fourth-order valence-electron chi connectivity index (χ4n) is 2.41. The van der Waals surface area contributed by atoms with Crippen LogP contribution in [0.25, 0.3) is 10.9 Å². The maximum atomic E-state index is 5.97. The van der Waals surface area contributed by atoms with E-state index in [1.165, 1.54) is 6.42 Å². The fraction of sp³-hybridized carbons (Fsp3) is 0.400. The van der Waals surface area contributed by atoms with Gasteiger partial charge >= 0.3 is 0 Å². The zero-order valence-electron chi connectivity index (χ0n) is 10.8. The molecule has 0 saturated carbocycles. The van der Waals surface area contributed by atoms with Crippen LogP contribution in [-0.4, -0.2) is 24.3 Å². The molecule has 1 aromatic heterocycles. The summed E-state index contributed by atoms with van der Waals surface area (Å²) in [5, 5.41) is 0.957. The van der Waals surface area contributed by atoms with Crippen LogP contribution in [0.15, 0.2) is 30.5 Å². The lowest BCUT2D eigenvalue weighted by molar-refractivity contribution is -0.0106. The number of ether oxygens (including phenoxy) is 2. The summed E-state index contributed by atoms with van der Waals surface area (Å²) in [6.07, 6.45) is 5.25. The smallest absolute Gasteiger partial charge is 0.153 e. The largest absolute Gasteiger partial charge is 0.488 e. The highest BCUT2D eigenvalue weighted by Gasteiger charge is 2.16. The molecule has 1 atom stereocenters. The standard InChI is InChI=1S/C15H18N2O2/c16-13-9-17-14-7-2-1-6-12(14)15(13)19-10-11-5-3-4-8-18-11/h1-2,6-7,9,11H,3-5,8,10,16H2. The first-order valence-corrected chi connectivity index (χ1v) is 6.72. The van der Waals surface area contributed by atoms with Crippen LogP contribution in [0, 0.1) is 0 Å². The predicted molar refractivity (Wildman–Crippen MR) is 75.2 cm³/mol. The summed E-state index contributed by atoms with van der Waals surface area (Å²) in [5.41, 5.74) is 7.45. The van der Waals surface area contributed by atoms with Gasteiger partial charge < -0.3 is 15.2 Å². The van der Waals surface area contributed by atoms with E-state index in [4.69, 9.17) is 15.2 Å². The third-order valence-corrected chi connectivity index (χ3v) is 3.44. The Morgan fingerprint density at radius 1 is 1.32 bits per heavy atom. The minimum atomic E-state index is 0.181. The molecule has 0 bridgehead atoms. The van der Waals surface area contributed by atoms with Crippen molar-refractivity contribution < 1.29 is 9.47 Å². The van der Waals surface area contributed by atoms with Crippen molar-refractivity contribution in [2.24, 2.45) is 0 Å². The van der Waals surface area contributed by atoms with E-state index in [0.717, 1.165) is 36.1 Å². The molecule has 1 aliphatic rings. The minimum Gasteiger partial charge on any atom is -0.488 e. The Morgan fingerprint density at radius 2 is 2.21 bits per heavy atom. The molecule has 2 N–H and O–H groups in total. The van der Waals surface area contributed by atoms with E-state index in [1.807, 2.05) is 24.3 Å². The molecule has 4 heteroatoms. The van der Waals surface area contributed by atoms with Gasteiger partial charge in [0.1, 0.15) is 6.61 Å². The molecule has 1 unspecified atom stereocenters. The van der Waals surface area contributed by atoms with Crippen molar-refractivity contribution in [1.29, 1.82) is 0 Å². The van der Waals surface area contributed by atoms with Crippen LogP contribution >= 0.6 is 0 Å². The Balaban J connectivity index is 1.81. The normalized spacial score (nSPS) is 19.5. The molecule has 0 amide bonds. The summed E-state index contributed by atoms with van der Waals surface area (Å²) < 4.78 is 11.6. The van der Waals surface area contributed by atoms with E-state index in [2.05, 4.69) is 4.98 Å². The Kier molecular flexibility index (Phi) is 3.51. The quantitative estimate of drug-likeness (QED) is 0.919. The Bertz CT molecular complexity index is 565. The second-order valence-corrected chi connectivity index (χ2v) is 4.86. The Labute approximate surface area is 112 Å². The van der Waals surface area contributed by atoms with Crippen LogP contribution in [-0.2, 0) is 4.74 Å². The van der Waals surface area contributed by atoms with Gasteiger partial charge in [-0.05, 0) is 31.4 Å². The van der Waals surface area contributed by atoms with Gasteiger partial charge in [0.2, 0.25) is 0 Å². The predicted octanol–water partition coefficient (Wildman–Crippen LogP) is 2.76. The van der Waals surface area contributed by atoms with Gasteiger partial charge in [0.25, 0.3) is 0 Å². The van der Waals surface area contributed by atoms with E-state index >= 15 is 0 Å². The molecule has 0 aliphatic carbocycles. The number of rotatable bonds is 3. The van der Waals surface area contributed by atoms with Crippen LogP contribution in [0.1, 0.15) is 19.3 Å². The first-order chi connectivity index (χ1) is 9.34. The van der Waals surface area contributed by atoms with Crippen molar-refractivity contribution in [2.45, 2.75) is 25.4 Å². The molecule has 1 fully saturated rings. The van der Waals surface area contributed by atoms with Crippen molar-refractivity contribution in [3.63, 3.8) is 0 Å². The highest BCUT2D eigenvalue weighted by Crippen LogP contribution is 2.30. The van der Waals surface area contributed by atoms with Gasteiger partial charge in [-0.2, -0.15) is 0 Å². The Hall–Kier alpha value is -1.81. The first-order valence-electron chi connectivity index (χ1n) is 6.72. The van der Waals surface area contributed by atoms with Crippen molar-refractivity contribution in [3.8, 4) is 5.75 Å². The Morgan fingerprint density at radius 3 is 3.05 bits per heavy atom. The lowest BCUT2D eigenvalue weighted by atomic mass is 10.1. The number of hydrogen-bond donors (Lipinski definition) is 1. The SMILES string of the molecule is Nc1cnc2ccccc2c1OCC1CCCCO1. The van der Waals surface area contributed by atoms with Crippen molar-refractivity contribution in [3.05, 3.63) is 30.5 Å². The van der Waals surface area contributed by atoms with Crippen molar-refractivity contribution >= 4 is 16.6 Å². The topological polar surface area (TPSA) is 57.4 Å². The van der Waals surface area contributed by atoms with Crippen LogP contribution in [0.3, 0.4) is 0 Å². The fourth-order valence-corrected chi connectivity index (χ4v) is 2.41. The molecule has 2 heterocycles. The molecule has 3 rings (SSSR count). The van der Waals surface area contributed by atoms with E-state index in [9.17, 15) is 0 Å². The molecule has 19 heavy (non-hydrogen) atoms. The molecule has 0 spiro atoms. The average molecular weight is 258 g/mol. The van der Waals surface area contributed by atoms with Crippen molar-refractivity contribution in [2.75, 3.05) is 18.9 Å². The maximum Gasteiger partial charge on any atom is 0.153 e. The maximum absolute atomic E-state index is 5.97. The molecular formula is C15H18N2O2. The highest BCUT2D eigenvalue weighted by atomic mass is 16.5. The number of para-hydroxylation sites is 1. The number of nitrogens with two attached hydrogens (primary N) is 1. The monoisotopic (exact) mass is 258 g/mol. The van der Waals surface area contributed by atoms with Crippen LogP contribution < -0.4 is 10.5 Å². The summed E-state index contributed by atoms with van der Waals surface area (Å²) in [7, 11) is 0. The third-order valence-electron chi connectivity index (χ3n) is 3.44. The van der Waals surface area contributed by atoms with Crippen LogP contribution in [0.2, 0.25) is 0 Å². The summed E-state index contributed by atoms with van der Waals surface area (Å²) in [6.45, 7) is 1.39. The van der Waals surface area contributed by atoms with Gasteiger partial charge in [-0.1, -0.05) is 12.1 Å². The molecule has 4 nitrogen and oxygen atoms in total. The number of pyridine rings is 1. The van der Waals surface area contributed by atoms with Gasteiger partial charge in [0.05, 0.1) is 23.5 Å². The summed E-state index contributed by atoms with van der Waals surface area (Å²) in [5.74, 6) is 0.722. The number of aromatic nitrogens is 1. The first kappa shape index (κ1) is 12.2. The number of hydrogen-bond acceptors (Lipinski definition) is 4. The van der Waals surface area contributed by atoms with Gasteiger partial charge in [-0.15, -0.1) is 0 Å².